The molecule has 0 atom stereocenters. The van der Waals surface area contributed by atoms with Gasteiger partial charge < -0.3 is 5.11 Å². The van der Waals surface area contributed by atoms with Gasteiger partial charge in [-0.05, 0) is 53.0 Å². The van der Waals surface area contributed by atoms with Crippen molar-refractivity contribution in [3.05, 3.63) is 102 Å². The number of H-pyrrole nitrogens is 1. The number of aromatic nitrogens is 3. The Hall–Kier alpha value is -3.99. The number of hydrogen-bond donors (Lipinski definition) is 2. The number of nitrogens with zero attached hydrogens (tertiary/aromatic N) is 2. The fourth-order valence-electron chi connectivity index (χ4n) is 3.59. The van der Waals surface area contributed by atoms with Gasteiger partial charge in [-0.2, -0.15) is 5.10 Å². The molecule has 0 bridgehead atoms. The van der Waals surface area contributed by atoms with Gasteiger partial charge in [-0.25, -0.2) is 4.79 Å². The summed E-state index contributed by atoms with van der Waals surface area (Å²) in [6, 6.07) is 20.4. The standard InChI is InChI=1S/C25H21N3O2/c1-2-22(17-6-4-3-5-7-17)25(18-9-12-23-20(14-18)16-27-28-23)19-8-10-21(26-15-19)11-13-24(29)30/h3-16H,2H2,1H3,(H,27,28)(H,29,30)/b13-11+,25-22-. The number of hydrogen-bond acceptors (Lipinski definition) is 3. The number of rotatable bonds is 6. The van der Waals surface area contributed by atoms with Crippen molar-refractivity contribution < 1.29 is 9.90 Å². The van der Waals surface area contributed by atoms with Crippen LogP contribution in [0.1, 0.15) is 35.7 Å². The van der Waals surface area contributed by atoms with Crippen LogP contribution in [0.5, 0.6) is 0 Å². The van der Waals surface area contributed by atoms with Crippen molar-refractivity contribution >= 4 is 34.1 Å². The Morgan fingerprint density at radius 1 is 1.00 bits per heavy atom. The van der Waals surface area contributed by atoms with Gasteiger partial charge in [0.25, 0.3) is 0 Å². The first kappa shape index (κ1) is 19.3. The lowest BCUT2D eigenvalue weighted by molar-refractivity contribution is -0.131. The Morgan fingerprint density at radius 2 is 1.80 bits per heavy atom. The van der Waals surface area contributed by atoms with Gasteiger partial charge in [-0.15, -0.1) is 0 Å². The van der Waals surface area contributed by atoms with Gasteiger partial charge in [0.1, 0.15) is 0 Å². The summed E-state index contributed by atoms with van der Waals surface area (Å²) in [6.45, 7) is 2.15. The van der Waals surface area contributed by atoms with E-state index < -0.39 is 5.97 Å². The van der Waals surface area contributed by atoms with E-state index in [-0.39, 0.29) is 0 Å². The average molecular weight is 395 g/mol. The number of carboxylic acid groups (broad SMARTS) is 1. The number of pyridine rings is 1. The van der Waals surface area contributed by atoms with Crippen LogP contribution in [0.2, 0.25) is 0 Å². The molecule has 30 heavy (non-hydrogen) atoms. The lowest BCUT2D eigenvalue weighted by atomic mass is 9.88. The molecule has 0 fully saturated rings. The molecule has 0 amide bonds. The lowest BCUT2D eigenvalue weighted by Crippen LogP contribution is -1.96. The molecule has 5 nitrogen and oxygen atoms in total. The van der Waals surface area contributed by atoms with Gasteiger partial charge in [-0.3, -0.25) is 10.1 Å². The van der Waals surface area contributed by atoms with Crippen LogP contribution in [-0.2, 0) is 4.79 Å². The molecule has 0 saturated carbocycles. The van der Waals surface area contributed by atoms with Gasteiger partial charge in [0.15, 0.2) is 0 Å². The van der Waals surface area contributed by atoms with Crippen LogP contribution in [-0.4, -0.2) is 26.3 Å². The zero-order valence-electron chi connectivity index (χ0n) is 16.5. The van der Waals surface area contributed by atoms with Crippen molar-refractivity contribution in [1.82, 2.24) is 15.2 Å². The summed E-state index contributed by atoms with van der Waals surface area (Å²) in [5.74, 6) is -0.993. The minimum atomic E-state index is -0.993. The van der Waals surface area contributed by atoms with Crippen LogP contribution in [0, 0.1) is 0 Å². The highest BCUT2D eigenvalue weighted by Crippen LogP contribution is 2.35. The van der Waals surface area contributed by atoms with E-state index in [0.717, 1.165) is 45.7 Å². The van der Waals surface area contributed by atoms with E-state index in [1.54, 1.807) is 6.20 Å². The van der Waals surface area contributed by atoms with Crippen molar-refractivity contribution in [2.75, 3.05) is 0 Å². The number of carboxylic acids is 1. The molecule has 0 aliphatic carbocycles. The second kappa shape index (κ2) is 8.57. The number of aliphatic carboxylic acids is 1. The number of benzene rings is 2. The third kappa shape index (κ3) is 4.05. The Bertz CT molecular complexity index is 1240. The molecule has 0 unspecified atom stereocenters. The van der Waals surface area contributed by atoms with Crippen LogP contribution in [0.3, 0.4) is 0 Å². The van der Waals surface area contributed by atoms with Gasteiger partial charge in [0.2, 0.25) is 0 Å². The SMILES string of the molecule is CC/C(=C(/c1ccc(/C=C/C(=O)O)nc1)c1ccc2[nH]ncc2c1)c1ccccc1. The first-order valence-corrected chi connectivity index (χ1v) is 9.75. The summed E-state index contributed by atoms with van der Waals surface area (Å²) in [5, 5.41) is 17.0. The monoisotopic (exact) mass is 395 g/mol. The van der Waals surface area contributed by atoms with E-state index in [1.165, 1.54) is 11.6 Å². The maximum Gasteiger partial charge on any atom is 0.328 e. The first-order chi connectivity index (χ1) is 14.7. The number of fused-ring (bicyclic) bond motifs is 1. The number of nitrogens with one attached hydrogen (secondary N) is 1. The predicted molar refractivity (Wildman–Crippen MR) is 120 cm³/mol. The maximum absolute atomic E-state index is 10.8. The van der Waals surface area contributed by atoms with Gasteiger partial charge in [-0.1, -0.05) is 49.4 Å². The molecular weight excluding hydrogens is 374 g/mol. The molecule has 148 valence electrons. The second-order valence-electron chi connectivity index (χ2n) is 6.89. The van der Waals surface area contributed by atoms with Gasteiger partial charge >= 0.3 is 5.97 Å². The zero-order chi connectivity index (χ0) is 20.9. The third-order valence-corrected chi connectivity index (χ3v) is 4.98. The van der Waals surface area contributed by atoms with Crippen molar-refractivity contribution in [2.45, 2.75) is 13.3 Å². The van der Waals surface area contributed by atoms with Crippen LogP contribution < -0.4 is 0 Å². The quantitative estimate of drug-likeness (QED) is 0.337. The molecule has 2 heterocycles. The molecule has 0 radical (unpaired) electrons. The summed E-state index contributed by atoms with van der Waals surface area (Å²) < 4.78 is 0. The van der Waals surface area contributed by atoms with E-state index in [4.69, 9.17) is 5.11 Å². The van der Waals surface area contributed by atoms with Crippen LogP contribution in [0.15, 0.2) is 79.1 Å². The molecule has 0 spiro atoms. The Morgan fingerprint density at radius 3 is 2.50 bits per heavy atom. The van der Waals surface area contributed by atoms with Crippen LogP contribution >= 0.6 is 0 Å². The van der Waals surface area contributed by atoms with Crippen LogP contribution in [0.25, 0.3) is 28.1 Å². The van der Waals surface area contributed by atoms with Gasteiger partial charge in [0.05, 0.1) is 17.4 Å². The Balaban J connectivity index is 1.89. The largest absolute Gasteiger partial charge is 0.478 e. The van der Waals surface area contributed by atoms with E-state index in [1.807, 2.05) is 42.6 Å². The summed E-state index contributed by atoms with van der Waals surface area (Å²) in [6.07, 6.45) is 7.05. The first-order valence-electron chi connectivity index (χ1n) is 9.75. The van der Waals surface area contributed by atoms with Gasteiger partial charge in [0, 0.05) is 23.2 Å². The highest BCUT2D eigenvalue weighted by atomic mass is 16.4. The molecular formula is C25H21N3O2. The fraction of sp³-hybridized carbons (Fsp3) is 0.0800. The van der Waals surface area contributed by atoms with E-state index in [9.17, 15) is 4.79 Å². The second-order valence-corrected chi connectivity index (χ2v) is 6.89. The molecule has 4 aromatic rings. The van der Waals surface area contributed by atoms with E-state index >= 15 is 0 Å². The zero-order valence-corrected chi connectivity index (χ0v) is 16.5. The Labute approximate surface area is 174 Å². The highest BCUT2D eigenvalue weighted by molar-refractivity contribution is 6.00. The van der Waals surface area contributed by atoms with Crippen molar-refractivity contribution in [1.29, 1.82) is 0 Å². The summed E-state index contributed by atoms with van der Waals surface area (Å²) in [7, 11) is 0. The molecule has 0 saturated heterocycles. The summed E-state index contributed by atoms with van der Waals surface area (Å²) in [4.78, 5) is 15.2. The predicted octanol–water partition coefficient (Wildman–Crippen LogP) is 5.42. The smallest absolute Gasteiger partial charge is 0.328 e. The molecule has 5 heteroatoms. The minimum Gasteiger partial charge on any atom is -0.478 e. The van der Waals surface area contributed by atoms with Crippen LogP contribution in [0.4, 0.5) is 0 Å². The highest BCUT2D eigenvalue weighted by Gasteiger charge is 2.14. The molecule has 4 rings (SSSR count). The van der Waals surface area contributed by atoms with Crippen molar-refractivity contribution in [3.63, 3.8) is 0 Å². The lowest BCUT2D eigenvalue weighted by Gasteiger charge is -2.16. The molecule has 0 aliphatic rings. The number of allylic oxidation sites excluding steroid dienone is 1. The van der Waals surface area contributed by atoms with E-state index in [2.05, 4.69) is 46.4 Å². The molecule has 2 aromatic heterocycles. The topological polar surface area (TPSA) is 78.9 Å². The third-order valence-electron chi connectivity index (χ3n) is 4.98. The number of aromatic amines is 1. The van der Waals surface area contributed by atoms with E-state index in [0.29, 0.717) is 5.69 Å². The number of carbonyl (C=O) groups is 1. The average Bonchev–Trinajstić information content (AvgIpc) is 3.25. The fourth-order valence-corrected chi connectivity index (χ4v) is 3.59. The molecule has 2 N–H and O–H groups in total. The van der Waals surface area contributed by atoms with Crippen molar-refractivity contribution in [3.8, 4) is 0 Å². The summed E-state index contributed by atoms with van der Waals surface area (Å²) >= 11 is 0. The summed E-state index contributed by atoms with van der Waals surface area (Å²) in [5.41, 5.74) is 7.14. The minimum absolute atomic E-state index is 0.601. The molecule has 0 aliphatic heterocycles. The van der Waals surface area contributed by atoms with Crippen molar-refractivity contribution in [2.24, 2.45) is 0 Å². The maximum atomic E-state index is 10.8. The molecule has 2 aromatic carbocycles. The normalized spacial score (nSPS) is 12.3. The Kier molecular flexibility index (Phi) is 5.52.